The maximum atomic E-state index is 8.32. The Bertz CT molecular complexity index is 337. The highest BCUT2D eigenvalue weighted by Gasteiger charge is 1.94. The SMILES string of the molecule is CS(=NC#N)c1ccc(Cl)cc1. The van der Waals surface area contributed by atoms with E-state index >= 15 is 0 Å². The van der Waals surface area contributed by atoms with E-state index in [9.17, 15) is 0 Å². The summed E-state index contributed by atoms with van der Waals surface area (Å²) in [6.45, 7) is 0. The van der Waals surface area contributed by atoms with Crippen LogP contribution in [0.4, 0.5) is 0 Å². The first-order valence-corrected chi connectivity index (χ1v) is 5.22. The van der Waals surface area contributed by atoms with Crippen molar-refractivity contribution in [2.24, 2.45) is 4.36 Å². The van der Waals surface area contributed by atoms with Crippen LogP contribution in [0.3, 0.4) is 0 Å². The quantitative estimate of drug-likeness (QED) is 0.639. The number of hydrogen-bond acceptors (Lipinski definition) is 2. The average molecular weight is 199 g/mol. The molecule has 0 spiro atoms. The van der Waals surface area contributed by atoms with Gasteiger partial charge in [-0.05, 0) is 30.5 Å². The fourth-order valence-electron chi connectivity index (χ4n) is 0.745. The number of rotatable bonds is 1. The molecule has 4 heteroatoms. The molecule has 0 saturated heterocycles. The van der Waals surface area contributed by atoms with E-state index in [1.165, 1.54) is 0 Å². The van der Waals surface area contributed by atoms with E-state index in [2.05, 4.69) is 4.36 Å². The van der Waals surface area contributed by atoms with Crippen LogP contribution in [-0.2, 0) is 10.7 Å². The monoisotopic (exact) mass is 198 g/mol. The van der Waals surface area contributed by atoms with E-state index < -0.39 is 0 Å². The zero-order chi connectivity index (χ0) is 8.97. The lowest BCUT2D eigenvalue weighted by molar-refractivity contribution is 1.42. The van der Waals surface area contributed by atoms with Crippen LogP contribution < -0.4 is 0 Å². The second-order valence-corrected chi connectivity index (χ2v) is 4.17. The van der Waals surface area contributed by atoms with Crippen LogP contribution >= 0.6 is 11.6 Å². The lowest BCUT2D eigenvalue weighted by Crippen LogP contribution is -1.85. The van der Waals surface area contributed by atoms with Crippen molar-refractivity contribution < 1.29 is 0 Å². The van der Waals surface area contributed by atoms with Gasteiger partial charge in [0, 0.05) is 9.92 Å². The lowest BCUT2D eigenvalue weighted by Gasteiger charge is -1.98. The standard InChI is InChI=1S/C8H7ClN2S/c1-12(11-6-10)8-4-2-7(9)3-5-8/h2-5H,1H3. The summed E-state index contributed by atoms with van der Waals surface area (Å²) in [5.74, 6) is 0. The predicted molar refractivity (Wildman–Crippen MR) is 51.0 cm³/mol. The van der Waals surface area contributed by atoms with E-state index in [-0.39, 0.29) is 10.7 Å². The Morgan fingerprint density at radius 2 is 2.00 bits per heavy atom. The van der Waals surface area contributed by atoms with Crippen molar-refractivity contribution in [1.82, 2.24) is 0 Å². The van der Waals surface area contributed by atoms with E-state index in [1.54, 1.807) is 18.3 Å². The second-order valence-electron chi connectivity index (χ2n) is 2.12. The van der Waals surface area contributed by atoms with Gasteiger partial charge in [-0.15, -0.1) is 4.36 Å². The van der Waals surface area contributed by atoms with Gasteiger partial charge in [0.1, 0.15) is 0 Å². The summed E-state index contributed by atoms with van der Waals surface area (Å²) >= 11 is 5.70. The highest BCUT2D eigenvalue weighted by molar-refractivity contribution is 7.86. The van der Waals surface area contributed by atoms with Crippen LogP contribution in [0, 0.1) is 11.5 Å². The molecule has 62 valence electrons. The first-order chi connectivity index (χ1) is 5.74. The second kappa shape index (κ2) is 4.24. The van der Waals surface area contributed by atoms with Crippen LogP contribution in [0.25, 0.3) is 0 Å². The van der Waals surface area contributed by atoms with Gasteiger partial charge in [0.05, 0.1) is 0 Å². The van der Waals surface area contributed by atoms with Crippen molar-refractivity contribution in [2.75, 3.05) is 6.26 Å². The summed E-state index contributed by atoms with van der Waals surface area (Å²) in [6, 6.07) is 7.36. The average Bonchev–Trinajstić information content (AvgIpc) is 2.06. The third-order valence-electron chi connectivity index (χ3n) is 1.33. The first kappa shape index (κ1) is 9.24. The van der Waals surface area contributed by atoms with Gasteiger partial charge < -0.3 is 0 Å². The van der Waals surface area contributed by atoms with E-state index in [1.807, 2.05) is 18.4 Å². The molecule has 0 aliphatic rings. The molecule has 1 atom stereocenters. The minimum absolute atomic E-state index is 0.336. The molecule has 2 nitrogen and oxygen atoms in total. The van der Waals surface area contributed by atoms with Crippen LogP contribution in [0.2, 0.25) is 5.02 Å². The molecule has 0 N–H and O–H groups in total. The molecule has 0 radical (unpaired) electrons. The molecule has 0 aliphatic carbocycles. The maximum Gasteiger partial charge on any atom is 0.212 e. The zero-order valence-corrected chi connectivity index (χ0v) is 8.06. The van der Waals surface area contributed by atoms with Gasteiger partial charge in [-0.1, -0.05) is 22.3 Å². The summed E-state index contributed by atoms with van der Waals surface area (Å²) in [4.78, 5) is 1.03. The minimum Gasteiger partial charge on any atom is -0.170 e. The number of halogens is 1. The topological polar surface area (TPSA) is 36.1 Å². The summed E-state index contributed by atoms with van der Waals surface area (Å²) in [7, 11) is -0.336. The Balaban J connectivity index is 2.99. The maximum absolute atomic E-state index is 8.32. The number of nitriles is 1. The first-order valence-electron chi connectivity index (χ1n) is 3.25. The summed E-state index contributed by atoms with van der Waals surface area (Å²) in [6.07, 6.45) is 3.68. The van der Waals surface area contributed by atoms with Crippen molar-refractivity contribution in [3.05, 3.63) is 29.3 Å². The number of hydrogen-bond donors (Lipinski definition) is 0. The van der Waals surface area contributed by atoms with Crippen molar-refractivity contribution in [2.45, 2.75) is 4.90 Å². The Kier molecular flexibility index (Phi) is 3.27. The van der Waals surface area contributed by atoms with Crippen molar-refractivity contribution in [3.63, 3.8) is 0 Å². The number of benzene rings is 1. The van der Waals surface area contributed by atoms with Crippen LogP contribution in [0.15, 0.2) is 33.5 Å². The molecular formula is C8H7ClN2S. The van der Waals surface area contributed by atoms with Crippen molar-refractivity contribution in [1.29, 1.82) is 5.26 Å². The molecule has 0 bridgehead atoms. The summed E-state index contributed by atoms with van der Waals surface area (Å²) in [5, 5.41) is 9.02. The highest BCUT2D eigenvalue weighted by atomic mass is 35.5. The lowest BCUT2D eigenvalue weighted by atomic mass is 10.4. The van der Waals surface area contributed by atoms with Crippen LogP contribution in [-0.4, -0.2) is 6.26 Å². The van der Waals surface area contributed by atoms with E-state index in [0.29, 0.717) is 5.02 Å². The van der Waals surface area contributed by atoms with Crippen molar-refractivity contribution >= 4 is 22.3 Å². The van der Waals surface area contributed by atoms with E-state index in [4.69, 9.17) is 16.9 Å². The van der Waals surface area contributed by atoms with Gasteiger partial charge in [0.2, 0.25) is 6.19 Å². The largest absolute Gasteiger partial charge is 0.212 e. The molecule has 1 aromatic carbocycles. The van der Waals surface area contributed by atoms with Crippen LogP contribution in [0.5, 0.6) is 0 Å². The van der Waals surface area contributed by atoms with Gasteiger partial charge in [-0.2, -0.15) is 5.26 Å². The molecule has 0 fully saturated rings. The third-order valence-corrected chi connectivity index (χ3v) is 2.89. The Morgan fingerprint density at radius 1 is 1.42 bits per heavy atom. The molecule has 0 heterocycles. The van der Waals surface area contributed by atoms with Crippen LogP contribution in [0.1, 0.15) is 0 Å². The summed E-state index contributed by atoms with van der Waals surface area (Å²) < 4.78 is 3.71. The predicted octanol–water partition coefficient (Wildman–Crippen LogP) is 2.61. The van der Waals surface area contributed by atoms with Gasteiger partial charge in [0.15, 0.2) is 0 Å². The third kappa shape index (κ3) is 2.33. The highest BCUT2D eigenvalue weighted by Crippen LogP contribution is 2.12. The smallest absolute Gasteiger partial charge is 0.170 e. The Hall–Kier alpha value is -0.850. The molecule has 1 rings (SSSR count). The molecule has 0 amide bonds. The molecule has 1 unspecified atom stereocenters. The molecule has 0 aliphatic heterocycles. The summed E-state index contributed by atoms with van der Waals surface area (Å²) in [5.41, 5.74) is 0. The molecular weight excluding hydrogens is 192 g/mol. The van der Waals surface area contributed by atoms with E-state index in [0.717, 1.165) is 4.90 Å². The molecule has 12 heavy (non-hydrogen) atoms. The normalized spacial score (nSPS) is 12.4. The Morgan fingerprint density at radius 3 is 2.50 bits per heavy atom. The zero-order valence-electron chi connectivity index (χ0n) is 6.49. The Labute approximate surface area is 78.9 Å². The minimum atomic E-state index is -0.336. The number of nitrogens with zero attached hydrogens (tertiary/aromatic N) is 2. The van der Waals surface area contributed by atoms with Gasteiger partial charge in [-0.3, -0.25) is 0 Å². The molecule has 1 aromatic rings. The molecule has 0 aromatic heterocycles. The van der Waals surface area contributed by atoms with Gasteiger partial charge >= 0.3 is 0 Å². The van der Waals surface area contributed by atoms with Gasteiger partial charge in [0.25, 0.3) is 0 Å². The fourth-order valence-corrected chi connectivity index (χ4v) is 1.63. The molecule has 0 saturated carbocycles. The fraction of sp³-hybridized carbons (Fsp3) is 0.125. The van der Waals surface area contributed by atoms with Gasteiger partial charge in [-0.25, -0.2) is 0 Å². The van der Waals surface area contributed by atoms with Crippen molar-refractivity contribution in [3.8, 4) is 6.19 Å².